The molecule has 1 aliphatic rings. The van der Waals surface area contributed by atoms with Gasteiger partial charge in [0.15, 0.2) is 5.13 Å². The summed E-state index contributed by atoms with van der Waals surface area (Å²) in [5.41, 5.74) is 7.45. The van der Waals surface area contributed by atoms with Gasteiger partial charge in [-0.05, 0) is 26.3 Å². The molecule has 0 bridgehead atoms. The van der Waals surface area contributed by atoms with Gasteiger partial charge >= 0.3 is 0 Å². The van der Waals surface area contributed by atoms with E-state index in [1.54, 1.807) is 22.7 Å². The predicted molar refractivity (Wildman–Crippen MR) is 106 cm³/mol. The Labute approximate surface area is 155 Å². The third-order valence-electron chi connectivity index (χ3n) is 5.00. The van der Waals surface area contributed by atoms with E-state index < -0.39 is 0 Å². The van der Waals surface area contributed by atoms with Gasteiger partial charge in [-0.1, -0.05) is 0 Å². The molecular formula is C17H22N6S2. The van der Waals surface area contributed by atoms with E-state index in [-0.39, 0.29) is 6.04 Å². The molecule has 0 spiro atoms. The van der Waals surface area contributed by atoms with Gasteiger partial charge in [-0.25, -0.2) is 15.0 Å². The fourth-order valence-corrected chi connectivity index (χ4v) is 5.06. The van der Waals surface area contributed by atoms with Gasteiger partial charge in [0.05, 0.1) is 11.4 Å². The number of aryl methyl sites for hydroxylation is 2. The fraction of sp³-hybridized carbons (Fsp3) is 0.471. The van der Waals surface area contributed by atoms with Crippen LogP contribution in [0, 0.1) is 13.8 Å². The zero-order chi connectivity index (χ0) is 17.6. The van der Waals surface area contributed by atoms with Crippen molar-refractivity contribution in [2.75, 3.05) is 36.8 Å². The molecule has 1 unspecified atom stereocenters. The lowest BCUT2D eigenvalue weighted by molar-refractivity contribution is 0.192. The molecule has 4 heterocycles. The van der Waals surface area contributed by atoms with Crippen LogP contribution in [0.2, 0.25) is 0 Å². The molecule has 0 aromatic carbocycles. The molecule has 1 aliphatic heterocycles. The number of hydrogen-bond acceptors (Lipinski definition) is 8. The second-order valence-electron chi connectivity index (χ2n) is 6.44. The van der Waals surface area contributed by atoms with Crippen LogP contribution in [0.4, 0.5) is 10.9 Å². The van der Waals surface area contributed by atoms with Crippen LogP contribution < -0.4 is 10.6 Å². The van der Waals surface area contributed by atoms with E-state index in [1.807, 2.05) is 11.6 Å². The molecule has 1 saturated heterocycles. The molecule has 0 aliphatic carbocycles. The van der Waals surface area contributed by atoms with Crippen molar-refractivity contribution in [1.29, 1.82) is 0 Å². The Kier molecular flexibility index (Phi) is 4.35. The van der Waals surface area contributed by atoms with Crippen LogP contribution in [0.1, 0.15) is 29.2 Å². The molecule has 3 aromatic rings. The number of nitrogens with zero attached hydrogens (tertiary/aromatic N) is 5. The Balaban J connectivity index is 1.53. The van der Waals surface area contributed by atoms with Crippen molar-refractivity contribution in [3.05, 3.63) is 27.8 Å². The quantitative estimate of drug-likeness (QED) is 0.759. The van der Waals surface area contributed by atoms with E-state index in [4.69, 9.17) is 10.7 Å². The summed E-state index contributed by atoms with van der Waals surface area (Å²) in [6.07, 6.45) is 1.87. The first kappa shape index (κ1) is 16.7. The minimum atomic E-state index is 0.160. The predicted octanol–water partition coefficient (Wildman–Crippen LogP) is 3.23. The number of rotatable bonds is 3. The number of hydrogen-bond donors (Lipinski definition) is 1. The van der Waals surface area contributed by atoms with Gasteiger partial charge in [0.25, 0.3) is 0 Å². The van der Waals surface area contributed by atoms with Crippen LogP contribution in [0.5, 0.6) is 0 Å². The number of nitrogens with two attached hydrogens (primary N) is 1. The van der Waals surface area contributed by atoms with E-state index in [0.29, 0.717) is 5.82 Å². The Morgan fingerprint density at radius 2 is 1.92 bits per heavy atom. The highest BCUT2D eigenvalue weighted by atomic mass is 32.1. The molecule has 8 heteroatoms. The highest BCUT2D eigenvalue weighted by Crippen LogP contribution is 2.33. The monoisotopic (exact) mass is 374 g/mol. The van der Waals surface area contributed by atoms with E-state index in [1.165, 1.54) is 10.4 Å². The van der Waals surface area contributed by atoms with Gasteiger partial charge in [0, 0.05) is 42.6 Å². The Bertz CT molecular complexity index is 880. The second-order valence-corrected chi connectivity index (χ2v) is 8.52. The van der Waals surface area contributed by atoms with Gasteiger partial charge in [-0.2, -0.15) is 0 Å². The number of thiazole rings is 1. The summed E-state index contributed by atoms with van der Waals surface area (Å²) in [4.78, 5) is 20.9. The van der Waals surface area contributed by atoms with Crippen molar-refractivity contribution in [1.82, 2.24) is 19.9 Å². The minimum absolute atomic E-state index is 0.160. The Morgan fingerprint density at radius 1 is 1.16 bits per heavy atom. The van der Waals surface area contributed by atoms with Crippen molar-refractivity contribution < 1.29 is 0 Å². The van der Waals surface area contributed by atoms with Crippen LogP contribution in [-0.4, -0.2) is 46.0 Å². The first-order valence-corrected chi connectivity index (χ1v) is 10.2. The standard InChI is InChI=1S/C17H22N6S2/c1-10-12(3)25-16-13(10)14(18)20-15(21-16)11(2)22-5-7-23(8-6-22)17-19-4-9-24-17/h4,9,11H,5-8H2,1-3H3,(H2,18,20,21). The molecule has 6 nitrogen and oxygen atoms in total. The maximum atomic E-state index is 6.25. The largest absolute Gasteiger partial charge is 0.383 e. The van der Waals surface area contributed by atoms with E-state index >= 15 is 0 Å². The summed E-state index contributed by atoms with van der Waals surface area (Å²) >= 11 is 3.40. The Morgan fingerprint density at radius 3 is 2.60 bits per heavy atom. The first-order chi connectivity index (χ1) is 12.0. The summed E-state index contributed by atoms with van der Waals surface area (Å²) in [6, 6.07) is 0.160. The van der Waals surface area contributed by atoms with E-state index in [0.717, 1.165) is 47.4 Å². The summed E-state index contributed by atoms with van der Waals surface area (Å²) in [6.45, 7) is 10.3. The van der Waals surface area contributed by atoms with Gasteiger partial charge in [0.2, 0.25) is 0 Å². The molecule has 132 valence electrons. The first-order valence-electron chi connectivity index (χ1n) is 8.46. The summed E-state index contributed by atoms with van der Waals surface area (Å²) in [5.74, 6) is 1.43. The fourth-order valence-electron chi connectivity index (χ4n) is 3.32. The number of nitrogen functional groups attached to an aromatic ring is 1. The van der Waals surface area contributed by atoms with E-state index in [2.05, 4.69) is 40.5 Å². The maximum Gasteiger partial charge on any atom is 0.185 e. The van der Waals surface area contributed by atoms with Crippen LogP contribution in [-0.2, 0) is 0 Å². The molecule has 25 heavy (non-hydrogen) atoms. The van der Waals surface area contributed by atoms with Crippen LogP contribution >= 0.6 is 22.7 Å². The highest BCUT2D eigenvalue weighted by Gasteiger charge is 2.25. The number of thiophene rings is 1. The normalized spacial score (nSPS) is 17.3. The smallest absolute Gasteiger partial charge is 0.185 e. The minimum Gasteiger partial charge on any atom is -0.383 e. The summed E-state index contributed by atoms with van der Waals surface area (Å²) < 4.78 is 0. The van der Waals surface area contributed by atoms with Crippen LogP contribution in [0.15, 0.2) is 11.6 Å². The summed E-state index contributed by atoms with van der Waals surface area (Å²) in [5, 5.41) is 4.16. The van der Waals surface area contributed by atoms with Gasteiger partial charge in [0.1, 0.15) is 16.5 Å². The summed E-state index contributed by atoms with van der Waals surface area (Å²) in [7, 11) is 0. The molecule has 2 N–H and O–H groups in total. The molecule has 0 amide bonds. The Hall–Kier alpha value is -1.77. The second kappa shape index (κ2) is 6.51. The van der Waals surface area contributed by atoms with Crippen molar-refractivity contribution in [2.45, 2.75) is 26.8 Å². The van der Waals surface area contributed by atoms with Gasteiger partial charge in [-0.3, -0.25) is 4.90 Å². The van der Waals surface area contributed by atoms with Crippen molar-refractivity contribution in [3.8, 4) is 0 Å². The van der Waals surface area contributed by atoms with Crippen molar-refractivity contribution >= 4 is 43.8 Å². The molecule has 0 radical (unpaired) electrons. The number of anilines is 2. The molecular weight excluding hydrogens is 352 g/mol. The molecule has 1 fully saturated rings. The highest BCUT2D eigenvalue weighted by molar-refractivity contribution is 7.18. The third-order valence-corrected chi connectivity index (χ3v) is 6.93. The molecule has 4 rings (SSSR count). The van der Waals surface area contributed by atoms with Crippen molar-refractivity contribution in [2.24, 2.45) is 0 Å². The average molecular weight is 375 g/mol. The van der Waals surface area contributed by atoms with Crippen LogP contribution in [0.3, 0.4) is 0 Å². The SMILES string of the molecule is Cc1sc2nc(C(C)N3CCN(c4nccs4)CC3)nc(N)c2c1C. The third kappa shape index (κ3) is 2.98. The maximum absolute atomic E-state index is 6.25. The zero-order valence-electron chi connectivity index (χ0n) is 14.7. The molecule has 0 saturated carbocycles. The van der Waals surface area contributed by atoms with Crippen molar-refractivity contribution in [3.63, 3.8) is 0 Å². The number of fused-ring (bicyclic) bond motifs is 1. The van der Waals surface area contributed by atoms with Gasteiger partial charge in [-0.15, -0.1) is 22.7 Å². The number of piperazine rings is 1. The lowest BCUT2D eigenvalue weighted by atomic mass is 10.2. The molecule has 1 atom stereocenters. The van der Waals surface area contributed by atoms with E-state index in [9.17, 15) is 0 Å². The lowest BCUT2D eigenvalue weighted by Gasteiger charge is -2.37. The molecule has 3 aromatic heterocycles. The average Bonchev–Trinajstić information content (AvgIpc) is 3.23. The number of aromatic nitrogens is 3. The van der Waals surface area contributed by atoms with Gasteiger partial charge < -0.3 is 10.6 Å². The zero-order valence-corrected chi connectivity index (χ0v) is 16.3. The van der Waals surface area contributed by atoms with Crippen LogP contribution in [0.25, 0.3) is 10.2 Å². The lowest BCUT2D eigenvalue weighted by Crippen LogP contribution is -2.47. The topological polar surface area (TPSA) is 71.2 Å².